The van der Waals surface area contributed by atoms with Crippen molar-refractivity contribution < 1.29 is 9.53 Å². The van der Waals surface area contributed by atoms with E-state index in [-0.39, 0.29) is 17.8 Å². The molecule has 0 spiro atoms. The van der Waals surface area contributed by atoms with Crippen molar-refractivity contribution in [3.63, 3.8) is 0 Å². The Hall–Kier alpha value is -1.38. The minimum absolute atomic E-state index is 0.0462. The van der Waals surface area contributed by atoms with Gasteiger partial charge < -0.3 is 4.74 Å². The summed E-state index contributed by atoms with van der Waals surface area (Å²) in [5.74, 6) is 0.253. The third-order valence-corrected chi connectivity index (χ3v) is 2.45. The third-order valence-electron chi connectivity index (χ3n) is 2.45. The highest BCUT2D eigenvalue weighted by Crippen LogP contribution is 2.47. The summed E-state index contributed by atoms with van der Waals surface area (Å²) >= 11 is 0. The largest absolute Gasteiger partial charge is 0.466 e. The number of hydrogen-bond donors (Lipinski definition) is 0. The molecule has 1 aromatic heterocycles. The van der Waals surface area contributed by atoms with E-state index in [1.165, 1.54) is 0 Å². The fourth-order valence-electron chi connectivity index (χ4n) is 1.63. The van der Waals surface area contributed by atoms with Gasteiger partial charge in [0, 0.05) is 17.8 Å². The quantitative estimate of drug-likeness (QED) is 0.683. The summed E-state index contributed by atoms with van der Waals surface area (Å²) in [5.41, 5.74) is 1.01. The molecule has 14 heavy (non-hydrogen) atoms. The van der Waals surface area contributed by atoms with Crippen LogP contribution in [0.25, 0.3) is 0 Å². The standard InChI is InChI=1S/C11H13NO2/c1-2-14-11(13)9-7-8(9)10-5-3-4-6-12-10/h3-6,8-9H,2,7H2,1H3/t8-,9+/m1/s1. The SMILES string of the molecule is CCOC(=O)[C@H]1C[C@H]1c1ccccn1. The van der Waals surface area contributed by atoms with Crippen molar-refractivity contribution in [2.45, 2.75) is 19.3 Å². The Labute approximate surface area is 83.1 Å². The van der Waals surface area contributed by atoms with E-state index in [4.69, 9.17) is 4.74 Å². The van der Waals surface area contributed by atoms with E-state index >= 15 is 0 Å². The van der Waals surface area contributed by atoms with Gasteiger partial charge in [0.25, 0.3) is 0 Å². The maximum atomic E-state index is 11.3. The zero-order valence-corrected chi connectivity index (χ0v) is 8.14. The maximum absolute atomic E-state index is 11.3. The second-order valence-corrected chi connectivity index (χ2v) is 3.46. The molecule has 1 fully saturated rings. The highest BCUT2D eigenvalue weighted by atomic mass is 16.5. The Bertz CT molecular complexity index is 323. The second-order valence-electron chi connectivity index (χ2n) is 3.46. The second kappa shape index (κ2) is 3.78. The fourth-order valence-corrected chi connectivity index (χ4v) is 1.63. The van der Waals surface area contributed by atoms with Gasteiger partial charge in [0.2, 0.25) is 0 Å². The van der Waals surface area contributed by atoms with Gasteiger partial charge in [-0.25, -0.2) is 0 Å². The molecule has 0 aliphatic heterocycles. The van der Waals surface area contributed by atoms with Crippen molar-refractivity contribution >= 4 is 5.97 Å². The molecule has 0 radical (unpaired) electrons. The van der Waals surface area contributed by atoms with Gasteiger partial charge in [-0.05, 0) is 25.5 Å². The van der Waals surface area contributed by atoms with E-state index in [1.54, 1.807) is 6.20 Å². The number of carbonyl (C=O) groups excluding carboxylic acids is 1. The Kier molecular flexibility index (Phi) is 2.48. The average molecular weight is 191 g/mol. The summed E-state index contributed by atoms with van der Waals surface area (Å²) in [6, 6.07) is 5.79. The number of carbonyl (C=O) groups is 1. The molecule has 0 N–H and O–H groups in total. The molecule has 1 heterocycles. The first-order chi connectivity index (χ1) is 6.83. The number of nitrogens with zero attached hydrogens (tertiary/aromatic N) is 1. The van der Waals surface area contributed by atoms with Gasteiger partial charge in [-0.2, -0.15) is 0 Å². The lowest BCUT2D eigenvalue weighted by atomic mass is 10.2. The van der Waals surface area contributed by atoms with E-state index in [1.807, 2.05) is 25.1 Å². The molecular formula is C11H13NO2. The van der Waals surface area contributed by atoms with E-state index in [0.29, 0.717) is 6.61 Å². The van der Waals surface area contributed by atoms with E-state index in [0.717, 1.165) is 12.1 Å². The van der Waals surface area contributed by atoms with Crippen LogP contribution in [0.2, 0.25) is 0 Å². The van der Waals surface area contributed by atoms with Crippen molar-refractivity contribution in [1.29, 1.82) is 0 Å². The smallest absolute Gasteiger partial charge is 0.309 e. The van der Waals surface area contributed by atoms with Crippen LogP contribution in [-0.4, -0.2) is 17.6 Å². The Morgan fingerprint density at radius 3 is 3.14 bits per heavy atom. The molecule has 1 saturated carbocycles. The summed E-state index contributed by atoms with van der Waals surface area (Å²) < 4.78 is 4.95. The van der Waals surface area contributed by atoms with Crippen molar-refractivity contribution in [3.05, 3.63) is 30.1 Å². The van der Waals surface area contributed by atoms with Crippen LogP contribution < -0.4 is 0 Å². The predicted octanol–water partition coefficient (Wildman–Crippen LogP) is 1.75. The third kappa shape index (κ3) is 1.76. The van der Waals surface area contributed by atoms with Crippen LogP contribution in [-0.2, 0) is 9.53 Å². The normalized spacial score (nSPS) is 24.4. The van der Waals surface area contributed by atoms with Crippen LogP contribution in [0.1, 0.15) is 25.0 Å². The molecule has 1 aliphatic carbocycles. The number of ether oxygens (including phenoxy) is 1. The molecule has 0 saturated heterocycles. The molecule has 2 atom stereocenters. The molecule has 1 aromatic rings. The van der Waals surface area contributed by atoms with Crippen molar-refractivity contribution in [2.75, 3.05) is 6.61 Å². The first-order valence-electron chi connectivity index (χ1n) is 4.90. The summed E-state index contributed by atoms with van der Waals surface area (Å²) in [6.45, 7) is 2.29. The van der Waals surface area contributed by atoms with Crippen LogP contribution in [0, 0.1) is 5.92 Å². The number of hydrogen-bond acceptors (Lipinski definition) is 3. The molecule has 0 unspecified atom stereocenters. The van der Waals surface area contributed by atoms with Gasteiger partial charge in [-0.3, -0.25) is 9.78 Å². The van der Waals surface area contributed by atoms with Gasteiger partial charge >= 0.3 is 5.97 Å². The van der Waals surface area contributed by atoms with Crippen LogP contribution >= 0.6 is 0 Å². The van der Waals surface area contributed by atoms with Crippen molar-refractivity contribution in [3.8, 4) is 0 Å². The van der Waals surface area contributed by atoms with Crippen LogP contribution in [0.3, 0.4) is 0 Å². The summed E-state index contributed by atoms with van der Waals surface area (Å²) in [4.78, 5) is 15.6. The minimum atomic E-state index is -0.0804. The monoisotopic (exact) mass is 191 g/mol. The van der Waals surface area contributed by atoms with Crippen molar-refractivity contribution in [1.82, 2.24) is 4.98 Å². The lowest BCUT2D eigenvalue weighted by Crippen LogP contribution is -2.07. The Morgan fingerprint density at radius 1 is 1.64 bits per heavy atom. The van der Waals surface area contributed by atoms with Gasteiger partial charge in [-0.1, -0.05) is 6.07 Å². The number of pyridine rings is 1. The lowest BCUT2D eigenvalue weighted by Gasteiger charge is -2.00. The summed E-state index contributed by atoms with van der Waals surface area (Å²) in [7, 11) is 0. The molecular weight excluding hydrogens is 178 g/mol. The van der Waals surface area contributed by atoms with Crippen LogP contribution in [0.4, 0.5) is 0 Å². The maximum Gasteiger partial charge on any atom is 0.309 e. The van der Waals surface area contributed by atoms with Crippen LogP contribution in [0.5, 0.6) is 0 Å². The summed E-state index contributed by atoms with van der Waals surface area (Å²) in [6.07, 6.45) is 2.64. The first kappa shape index (κ1) is 9.19. The molecule has 0 bridgehead atoms. The highest BCUT2D eigenvalue weighted by molar-refractivity contribution is 5.77. The van der Waals surface area contributed by atoms with Gasteiger partial charge in [-0.15, -0.1) is 0 Å². The Balaban J connectivity index is 1.96. The van der Waals surface area contributed by atoms with Crippen molar-refractivity contribution in [2.24, 2.45) is 5.92 Å². The molecule has 1 aliphatic rings. The molecule has 3 nitrogen and oxygen atoms in total. The molecule has 0 amide bonds. The van der Waals surface area contributed by atoms with Gasteiger partial charge in [0.1, 0.15) is 0 Å². The van der Waals surface area contributed by atoms with Crippen LogP contribution in [0.15, 0.2) is 24.4 Å². The van der Waals surface area contributed by atoms with E-state index in [2.05, 4.69) is 4.98 Å². The first-order valence-corrected chi connectivity index (χ1v) is 4.90. The Morgan fingerprint density at radius 2 is 2.50 bits per heavy atom. The topological polar surface area (TPSA) is 39.2 Å². The summed E-state index contributed by atoms with van der Waals surface area (Å²) in [5, 5.41) is 0. The number of aromatic nitrogens is 1. The van der Waals surface area contributed by atoms with Gasteiger partial charge in [0.15, 0.2) is 0 Å². The molecule has 74 valence electrons. The number of rotatable bonds is 3. The lowest BCUT2D eigenvalue weighted by molar-refractivity contribution is -0.144. The zero-order valence-electron chi connectivity index (χ0n) is 8.14. The molecule has 3 heteroatoms. The zero-order chi connectivity index (χ0) is 9.97. The fraction of sp³-hybridized carbons (Fsp3) is 0.455. The van der Waals surface area contributed by atoms with E-state index in [9.17, 15) is 4.79 Å². The predicted molar refractivity (Wildman–Crippen MR) is 51.7 cm³/mol. The average Bonchev–Trinajstić information content (AvgIpc) is 2.99. The number of esters is 1. The van der Waals surface area contributed by atoms with Gasteiger partial charge in [0.05, 0.1) is 12.5 Å². The molecule has 0 aromatic carbocycles. The molecule has 2 rings (SSSR count). The van der Waals surface area contributed by atoms with E-state index < -0.39 is 0 Å². The highest BCUT2D eigenvalue weighted by Gasteiger charge is 2.45. The minimum Gasteiger partial charge on any atom is -0.466 e.